The van der Waals surface area contributed by atoms with E-state index in [-0.39, 0.29) is 0 Å². The van der Waals surface area contributed by atoms with Crippen LogP contribution in [0.3, 0.4) is 0 Å². The van der Waals surface area contributed by atoms with Crippen LogP contribution < -0.4 is 0 Å². The van der Waals surface area contributed by atoms with Crippen molar-refractivity contribution in [3.63, 3.8) is 0 Å². The normalized spacial score (nSPS) is 13.1. The molecule has 64 heavy (non-hydrogen) atoms. The monoisotopic (exact) mass is 831 g/mol. The molecule has 1 aliphatic carbocycles. The van der Waals surface area contributed by atoms with Crippen molar-refractivity contribution in [1.82, 2.24) is 15.0 Å². The lowest BCUT2D eigenvalue weighted by Gasteiger charge is -2.40. The number of pyridine rings is 1. The highest BCUT2D eigenvalue weighted by atomic mass is 32.2. The molecule has 298 valence electrons. The smallest absolute Gasteiger partial charge is 0.160 e. The average Bonchev–Trinajstić information content (AvgIpc) is 3.67. The van der Waals surface area contributed by atoms with Gasteiger partial charge in [0.1, 0.15) is 0 Å². The van der Waals surface area contributed by atoms with Crippen LogP contribution >= 0.6 is 11.8 Å². The largest absolute Gasteiger partial charge is 0.247 e. The molecule has 0 atom stereocenters. The molecule has 0 radical (unpaired) electrons. The average molecular weight is 832 g/mol. The van der Waals surface area contributed by atoms with E-state index in [2.05, 4.69) is 200 Å². The Kier molecular flexibility index (Phi) is 8.37. The van der Waals surface area contributed by atoms with Crippen LogP contribution in [0.4, 0.5) is 0 Å². The number of benzene rings is 9. The lowest BCUT2D eigenvalue weighted by atomic mass is 9.67. The zero-order valence-electron chi connectivity index (χ0n) is 34.6. The van der Waals surface area contributed by atoms with Gasteiger partial charge in [-0.15, -0.1) is 0 Å². The van der Waals surface area contributed by atoms with E-state index in [1.54, 1.807) is 0 Å². The van der Waals surface area contributed by atoms with E-state index in [4.69, 9.17) is 15.0 Å². The maximum Gasteiger partial charge on any atom is 0.160 e. The molecule has 4 heteroatoms. The molecule has 0 fully saturated rings. The van der Waals surface area contributed by atoms with E-state index >= 15 is 0 Å². The minimum atomic E-state index is -0.474. The first kappa shape index (κ1) is 36.7. The Hall–Kier alpha value is -7.92. The van der Waals surface area contributed by atoms with Gasteiger partial charge in [0.05, 0.1) is 28.0 Å². The van der Waals surface area contributed by atoms with Gasteiger partial charge in [-0.25, -0.2) is 15.0 Å². The summed E-state index contributed by atoms with van der Waals surface area (Å²) in [6.45, 7) is 0. The highest BCUT2D eigenvalue weighted by Crippen LogP contribution is 2.62. The Labute approximate surface area is 375 Å². The van der Waals surface area contributed by atoms with Gasteiger partial charge in [-0.2, -0.15) is 0 Å². The molecule has 0 bridgehead atoms. The van der Waals surface area contributed by atoms with E-state index in [0.717, 1.165) is 66.8 Å². The molecule has 0 saturated carbocycles. The summed E-state index contributed by atoms with van der Waals surface area (Å²) in [4.78, 5) is 18.2. The second-order valence-electron chi connectivity index (χ2n) is 16.7. The van der Waals surface area contributed by atoms with Gasteiger partial charge >= 0.3 is 0 Å². The maximum atomic E-state index is 5.50. The van der Waals surface area contributed by atoms with E-state index in [1.165, 1.54) is 48.6 Å². The molecule has 9 aromatic carbocycles. The number of rotatable bonds is 5. The summed E-state index contributed by atoms with van der Waals surface area (Å²) in [6, 6.07) is 80.9. The second kappa shape index (κ2) is 14.6. The van der Waals surface area contributed by atoms with Crippen LogP contribution in [0.5, 0.6) is 0 Å². The van der Waals surface area contributed by atoms with Crippen LogP contribution in [0.15, 0.2) is 234 Å². The number of hydrogen-bond donors (Lipinski definition) is 0. The Balaban J connectivity index is 0.991. The van der Waals surface area contributed by atoms with E-state index in [0.29, 0.717) is 5.82 Å². The lowest BCUT2D eigenvalue weighted by Crippen LogP contribution is -2.32. The van der Waals surface area contributed by atoms with Gasteiger partial charge in [0.15, 0.2) is 5.82 Å². The van der Waals surface area contributed by atoms with Crippen LogP contribution in [-0.2, 0) is 5.41 Å². The van der Waals surface area contributed by atoms with Crippen LogP contribution in [0.1, 0.15) is 22.3 Å². The van der Waals surface area contributed by atoms with Crippen molar-refractivity contribution in [3.05, 3.63) is 247 Å². The Morgan fingerprint density at radius 3 is 1.52 bits per heavy atom. The topological polar surface area (TPSA) is 38.7 Å². The fourth-order valence-electron chi connectivity index (χ4n) is 10.2. The number of fused-ring (bicyclic) bond motifs is 12. The summed E-state index contributed by atoms with van der Waals surface area (Å²) >= 11 is 1.89. The first-order valence-corrected chi connectivity index (χ1v) is 22.6. The highest BCUT2D eigenvalue weighted by molar-refractivity contribution is 7.99. The fourth-order valence-corrected chi connectivity index (χ4v) is 11.5. The summed E-state index contributed by atoms with van der Waals surface area (Å²) in [5.74, 6) is 0.709. The minimum absolute atomic E-state index is 0.474. The molecule has 13 rings (SSSR count). The fraction of sp³-hybridized carbons (Fsp3) is 0.0167. The highest BCUT2D eigenvalue weighted by Gasteiger charge is 2.50. The lowest BCUT2D eigenvalue weighted by molar-refractivity contribution is 0.724. The zero-order chi connectivity index (χ0) is 42.2. The van der Waals surface area contributed by atoms with Crippen LogP contribution in [0, 0.1) is 0 Å². The van der Waals surface area contributed by atoms with E-state index in [1.807, 2.05) is 36.0 Å². The second-order valence-corrected chi connectivity index (χ2v) is 17.7. The number of aromatic nitrogens is 3. The molecule has 1 aliphatic heterocycles. The first-order chi connectivity index (χ1) is 31.7. The first-order valence-electron chi connectivity index (χ1n) is 21.8. The molecule has 0 N–H and O–H groups in total. The van der Waals surface area contributed by atoms with Gasteiger partial charge < -0.3 is 0 Å². The summed E-state index contributed by atoms with van der Waals surface area (Å²) in [6.07, 6.45) is 0. The molecule has 2 aromatic heterocycles. The Bertz CT molecular complexity index is 3520. The standard InChI is InChI=1S/C60H37N3S/c1-4-16-39(17-5-1)54-37-55(63-59(62-54)42-20-8-3-9-21-42)40-30-28-38(29-31-40)43-32-33-53-47(34-43)46-36-57-52(35-48(46)58(61-53)41-18-6-2-7-19-41)60(51-26-14-15-27-56(51)64-57)49-24-12-10-22-44(49)45-23-11-13-25-50(45)60/h1-37H. The summed E-state index contributed by atoms with van der Waals surface area (Å²) in [5.41, 5.74) is 17.6. The molecule has 11 aromatic rings. The van der Waals surface area contributed by atoms with E-state index < -0.39 is 5.41 Å². The Morgan fingerprint density at radius 1 is 0.312 bits per heavy atom. The van der Waals surface area contributed by atoms with Gasteiger partial charge in [-0.1, -0.05) is 200 Å². The van der Waals surface area contributed by atoms with Crippen molar-refractivity contribution < 1.29 is 0 Å². The van der Waals surface area contributed by atoms with Gasteiger partial charge in [-0.3, -0.25) is 0 Å². The molecule has 3 heterocycles. The van der Waals surface area contributed by atoms with Crippen molar-refractivity contribution in [2.24, 2.45) is 0 Å². The van der Waals surface area contributed by atoms with Gasteiger partial charge in [0.2, 0.25) is 0 Å². The Morgan fingerprint density at radius 2 is 0.844 bits per heavy atom. The molecule has 2 aliphatic rings. The predicted molar refractivity (Wildman–Crippen MR) is 263 cm³/mol. The number of hydrogen-bond acceptors (Lipinski definition) is 4. The molecule has 1 spiro atoms. The molecule has 0 unspecified atom stereocenters. The summed E-state index contributed by atoms with van der Waals surface area (Å²) < 4.78 is 0. The van der Waals surface area contributed by atoms with Crippen LogP contribution in [0.25, 0.3) is 89.1 Å². The SMILES string of the molecule is c1ccc(-c2cc(-c3ccc(-c4ccc5nc(-c6ccccc6)c6cc7c(cc6c5c4)Sc4ccccc4C74c5ccccc5-c5ccccc54)cc3)nc(-c3ccccc3)n2)cc1. The van der Waals surface area contributed by atoms with E-state index in [9.17, 15) is 0 Å². The third-order valence-corrected chi connectivity index (χ3v) is 14.3. The van der Waals surface area contributed by atoms with Crippen molar-refractivity contribution in [2.45, 2.75) is 15.2 Å². The third kappa shape index (κ3) is 5.66. The molecule has 3 nitrogen and oxygen atoms in total. The molecule has 0 amide bonds. The molecule has 0 saturated heterocycles. The third-order valence-electron chi connectivity index (χ3n) is 13.2. The van der Waals surface area contributed by atoms with Crippen molar-refractivity contribution in [2.75, 3.05) is 0 Å². The van der Waals surface area contributed by atoms with Crippen molar-refractivity contribution >= 4 is 33.4 Å². The quantitative estimate of drug-likeness (QED) is 0.162. The summed E-state index contributed by atoms with van der Waals surface area (Å²) in [7, 11) is 0. The van der Waals surface area contributed by atoms with Gasteiger partial charge in [-0.05, 0) is 86.3 Å². The molecular weight excluding hydrogens is 795 g/mol. The van der Waals surface area contributed by atoms with Crippen LogP contribution in [0.2, 0.25) is 0 Å². The number of nitrogens with zero attached hydrogens (tertiary/aromatic N) is 3. The van der Waals surface area contributed by atoms with Crippen molar-refractivity contribution in [3.8, 4) is 67.4 Å². The maximum absolute atomic E-state index is 5.50. The van der Waals surface area contributed by atoms with Crippen LogP contribution in [-0.4, -0.2) is 15.0 Å². The van der Waals surface area contributed by atoms with Crippen molar-refractivity contribution in [1.29, 1.82) is 0 Å². The van der Waals surface area contributed by atoms with Gasteiger partial charge in [0, 0.05) is 42.8 Å². The predicted octanol–water partition coefficient (Wildman–Crippen LogP) is 15.3. The molecular formula is C60H37N3S. The van der Waals surface area contributed by atoms with Gasteiger partial charge in [0.25, 0.3) is 0 Å². The minimum Gasteiger partial charge on any atom is -0.247 e. The zero-order valence-corrected chi connectivity index (χ0v) is 35.4. The summed E-state index contributed by atoms with van der Waals surface area (Å²) in [5, 5.41) is 3.49.